The number of aromatic nitrogens is 2. The quantitative estimate of drug-likeness (QED) is 0.268. The van der Waals surface area contributed by atoms with E-state index >= 15 is 0 Å². The van der Waals surface area contributed by atoms with Crippen LogP contribution in [0.2, 0.25) is 0 Å². The number of aryl methyl sites for hydroxylation is 1. The molecular formula is C30H25N3O4S. The normalized spacial score (nSPS) is 11.9. The van der Waals surface area contributed by atoms with Gasteiger partial charge in [0.1, 0.15) is 10.7 Å². The van der Waals surface area contributed by atoms with Gasteiger partial charge >= 0.3 is 0 Å². The van der Waals surface area contributed by atoms with Crippen molar-refractivity contribution in [3.05, 3.63) is 131 Å². The van der Waals surface area contributed by atoms with Crippen LogP contribution in [0.4, 0.5) is 0 Å². The fraction of sp³-hybridized carbons (Fsp3) is 0.0667. The highest BCUT2D eigenvalue weighted by molar-refractivity contribution is 7.96. The molecule has 2 heterocycles. The van der Waals surface area contributed by atoms with Crippen molar-refractivity contribution in [1.82, 2.24) is 15.1 Å². The summed E-state index contributed by atoms with van der Waals surface area (Å²) in [7, 11) is -4.17. The van der Waals surface area contributed by atoms with Crippen molar-refractivity contribution in [2.75, 3.05) is 0 Å². The summed E-state index contributed by atoms with van der Waals surface area (Å²) in [6.45, 7) is 2.03. The maximum absolute atomic E-state index is 13.7. The van der Waals surface area contributed by atoms with Crippen LogP contribution in [0.15, 0.2) is 124 Å². The molecular weight excluding hydrogens is 498 g/mol. The minimum Gasteiger partial charge on any atom is -0.467 e. The maximum Gasteiger partial charge on any atom is 0.263 e. The molecule has 1 amide bonds. The molecule has 5 aromatic rings. The van der Waals surface area contributed by atoms with E-state index in [2.05, 4.69) is 5.32 Å². The molecule has 0 radical (unpaired) electrons. The van der Waals surface area contributed by atoms with Gasteiger partial charge in [0.2, 0.25) is 9.84 Å². The number of amides is 1. The average Bonchev–Trinajstić information content (AvgIpc) is 3.62. The van der Waals surface area contributed by atoms with Gasteiger partial charge in [-0.1, -0.05) is 66.2 Å². The molecule has 1 N–H and O–H groups in total. The van der Waals surface area contributed by atoms with Crippen LogP contribution in [0.25, 0.3) is 23.0 Å². The summed E-state index contributed by atoms with van der Waals surface area (Å²) in [4.78, 5) is 13.0. The van der Waals surface area contributed by atoms with Crippen molar-refractivity contribution in [2.45, 2.75) is 18.4 Å². The molecule has 7 nitrogen and oxygen atoms in total. The zero-order valence-corrected chi connectivity index (χ0v) is 21.4. The maximum atomic E-state index is 13.7. The minimum absolute atomic E-state index is 0.0201. The molecule has 2 aromatic heterocycles. The highest BCUT2D eigenvalue weighted by Crippen LogP contribution is 2.29. The number of nitrogens with zero attached hydrogens (tertiary/aromatic N) is 2. The summed E-state index contributed by atoms with van der Waals surface area (Å²) in [5.74, 6) is -0.236. The van der Waals surface area contributed by atoms with Crippen molar-refractivity contribution in [3.8, 4) is 16.9 Å². The van der Waals surface area contributed by atoms with E-state index in [1.165, 1.54) is 24.5 Å². The Morgan fingerprint density at radius 1 is 0.921 bits per heavy atom. The Morgan fingerprint density at radius 2 is 1.61 bits per heavy atom. The van der Waals surface area contributed by atoms with Gasteiger partial charge in [0, 0.05) is 17.3 Å². The first-order valence-corrected chi connectivity index (χ1v) is 13.4. The predicted molar refractivity (Wildman–Crippen MR) is 146 cm³/mol. The van der Waals surface area contributed by atoms with Gasteiger partial charge in [0.05, 0.1) is 29.1 Å². The van der Waals surface area contributed by atoms with Crippen LogP contribution in [0.5, 0.6) is 0 Å². The predicted octanol–water partition coefficient (Wildman–Crippen LogP) is 5.57. The number of benzene rings is 3. The van der Waals surface area contributed by atoms with E-state index < -0.39 is 20.6 Å². The molecule has 0 atom stereocenters. The fourth-order valence-electron chi connectivity index (χ4n) is 3.94. The molecule has 0 aliphatic rings. The molecule has 0 aliphatic heterocycles. The Bertz CT molecular complexity index is 1670. The number of nitrogens with one attached hydrogen (secondary N) is 1. The van der Waals surface area contributed by atoms with Gasteiger partial charge in [-0.2, -0.15) is 5.10 Å². The summed E-state index contributed by atoms with van der Waals surface area (Å²) in [5, 5.41) is 7.44. The number of hydrogen-bond donors (Lipinski definition) is 1. The Hall–Kier alpha value is -4.69. The van der Waals surface area contributed by atoms with Gasteiger partial charge in [-0.25, -0.2) is 13.1 Å². The van der Waals surface area contributed by atoms with Crippen molar-refractivity contribution in [2.24, 2.45) is 0 Å². The number of carbonyl (C=O) groups is 1. The van der Waals surface area contributed by atoms with E-state index in [4.69, 9.17) is 9.52 Å². The van der Waals surface area contributed by atoms with Crippen LogP contribution >= 0.6 is 0 Å². The Morgan fingerprint density at radius 3 is 2.26 bits per heavy atom. The lowest BCUT2D eigenvalue weighted by Crippen LogP contribution is -2.28. The number of sulfone groups is 1. The molecule has 3 aromatic carbocycles. The zero-order valence-electron chi connectivity index (χ0n) is 20.6. The van der Waals surface area contributed by atoms with E-state index in [0.717, 1.165) is 16.8 Å². The fourth-order valence-corrected chi connectivity index (χ4v) is 5.31. The molecule has 190 valence electrons. The second kappa shape index (κ2) is 10.7. The SMILES string of the molecule is Cc1ccc(-c2nn(-c3ccccc3)cc2/C=C(\C(=O)NCc2ccco2)S(=O)(=O)c2ccccc2)cc1. The van der Waals surface area contributed by atoms with E-state index in [0.29, 0.717) is 17.0 Å². The average molecular weight is 524 g/mol. The third-order valence-electron chi connectivity index (χ3n) is 5.94. The van der Waals surface area contributed by atoms with Crippen LogP contribution in [0.3, 0.4) is 0 Å². The first kappa shape index (κ1) is 25.0. The third kappa shape index (κ3) is 5.35. The number of para-hydroxylation sites is 1. The second-order valence-electron chi connectivity index (χ2n) is 8.67. The van der Waals surface area contributed by atoms with E-state index in [1.807, 2.05) is 61.5 Å². The topological polar surface area (TPSA) is 94.2 Å². The number of carbonyl (C=O) groups excluding carboxylic acids is 1. The molecule has 0 aliphatic carbocycles. The van der Waals surface area contributed by atoms with E-state index in [9.17, 15) is 13.2 Å². The molecule has 0 bridgehead atoms. The van der Waals surface area contributed by atoms with Gasteiger partial charge in [0.25, 0.3) is 5.91 Å². The van der Waals surface area contributed by atoms with Gasteiger partial charge in [-0.05, 0) is 49.4 Å². The van der Waals surface area contributed by atoms with Gasteiger partial charge in [0.15, 0.2) is 0 Å². The lowest BCUT2D eigenvalue weighted by atomic mass is 10.1. The highest BCUT2D eigenvalue weighted by Gasteiger charge is 2.28. The molecule has 0 saturated heterocycles. The van der Waals surface area contributed by atoms with Crippen LogP contribution in [0.1, 0.15) is 16.9 Å². The molecule has 0 unspecified atom stereocenters. The summed E-state index contributed by atoms with van der Waals surface area (Å²) < 4.78 is 34.4. The molecule has 0 spiro atoms. The van der Waals surface area contributed by atoms with E-state index in [1.54, 1.807) is 41.2 Å². The van der Waals surface area contributed by atoms with Gasteiger partial charge < -0.3 is 9.73 Å². The molecule has 0 fully saturated rings. The lowest BCUT2D eigenvalue weighted by molar-refractivity contribution is -0.117. The van der Waals surface area contributed by atoms with Gasteiger partial charge in [-0.15, -0.1) is 0 Å². The van der Waals surface area contributed by atoms with E-state index in [-0.39, 0.29) is 11.4 Å². The zero-order chi connectivity index (χ0) is 26.5. The summed E-state index contributed by atoms with van der Waals surface area (Å²) in [6, 6.07) is 28.6. The lowest BCUT2D eigenvalue weighted by Gasteiger charge is -2.10. The van der Waals surface area contributed by atoms with Crippen molar-refractivity contribution >= 4 is 21.8 Å². The Kier molecular flexibility index (Phi) is 7.06. The summed E-state index contributed by atoms with van der Waals surface area (Å²) in [6.07, 6.45) is 4.61. The monoisotopic (exact) mass is 523 g/mol. The Labute approximate surface area is 221 Å². The van der Waals surface area contributed by atoms with Crippen molar-refractivity contribution in [3.63, 3.8) is 0 Å². The van der Waals surface area contributed by atoms with Crippen LogP contribution in [-0.4, -0.2) is 24.1 Å². The molecule has 8 heteroatoms. The number of hydrogen-bond acceptors (Lipinski definition) is 5. The van der Waals surface area contributed by atoms with Crippen LogP contribution in [-0.2, 0) is 21.2 Å². The van der Waals surface area contributed by atoms with Crippen molar-refractivity contribution in [1.29, 1.82) is 0 Å². The Balaban J connectivity index is 1.65. The largest absolute Gasteiger partial charge is 0.467 e. The highest BCUT2D eigenvalue weighted by atomic mass is 32.2. The third-order valence-corrected chi connectivity index (χ3v) is 7.72. The number of furan rings is 1. The first-order valence-electron chi connectivity index (χ1n) is 12.0. The second-order valence-corrected chi connectivity index (χ2v) is 10.6. The summed E-state index contributed by atoms with van der Waals surface area (Å²) >= 11 is 0. The smallest absolute Gasteiger partial charge is 0.263 e. The van der Waals surface area contributed by atoms with Crippen molar-refractivity contribution < 1.29 is 17.6 Å². The van der Waals surface area contributed by atoms with Crippen LogP contribution < -0.4 is 5.32 Å². The molecule has 38 heavy (non-hydrogen) atoms. The van der Waals surface area contributed by atoms with Crippen LogP contribution in [0, 0.1) is 6.92 Å². The summed E-state index contributed by atoms with van der Waals surface area (Å²) in [5.41, 5.74) is 3.71. The minimum atomic E-state index is -4.17. The standard InChI is InChI=1S/C30H25N3O4S/c1-22-14-16-23(17-15-22)29-24(21-33(32-29)25-9-4-2-5-10-25)19-28(30(34)31-20-26-11-8-18-37-26)38(35,36)27-12-6-3-7-13-27/h2-19,21H,20H2,1H3,(H,31,34)/b28-19+. The first-order chi connectivity index (χ1) is 18.4. The molecule has 0 saturated carbocycles. The molecule has 5 rings (SSSR count). The van der Waals surface area contributed by atoms with Gasteiger partial charge in [-0.3, -0.25) is 4.79 Å². The number of rotatable bonds is 8.